The van der Waals surface area contributed by atoms with Crippen LogP contribution in [-0.2, 0) is 10.1 Å². The molecule has 1 aliphatic heterocycles. The summed E-state index contributed by atoms with van der Waals surface area (Å²) in [6.45, 7) is 2.67. The van der Waals surface area contributed by atoms with Crippen molar-refractivity contribution in [3.8, 4) is 0 Å². The molecule has 9 heteroatoms. The summed E-state index contributed by atoms with van der Waals surface area (Å²) in [5.74, 6) is -1.65. The second kappa shape index (κ2) is 7.26. The van der Waals surface area contributed by atoms with E-state index in [1.807, 2.05) is 15.9 Å². The Morgan fingerprint density at radius 3 is 2.43 bits per heavy atom. The summed E-state index contributed by atoms with van der Waals surface area (Å²) in [4.78, 5) is 14.9. The summed E-state index contributed by atoms with van der Waals surface area (Å²) in [5, 5.41) is 18.7. The van der Waals surface area contributed by atoms with Gasteiger partial charge in [-0.25, -0.2) is 4.79 Å². The Morgan fingerprint density at radius 2 is 1.87 bits per heavy atom. The second-order valence-electron chi connectivity index (χ2n) is 5.55. The van der Waals surface area contributed by atoms with E-state index in [-0.39, 0.29) is 12.1 Å². The highest BCUT2D eigenvalue weighted by Gasteiger charge is 2.22. The number of rotatable bonds is 6. The highest BCUT2D eigenvalue weighted by molar-refractivity contribution is 7.85. The Bertz CT molecular complexity index is 655. The molecule has 128 valence electrons. The molecule has 1 saturated heterocycles. The lowest BCUT2D eigenvalue weighted by Gasteiger charge is -2.36. The number of hydrogen-bond donors (Lipinski definition) is 3. The van der Waals surface area contributed by atoms with E-state index in [1.165, 1.54) is 6.07 Å². The first kappa shape index (κ1) is 17.7. The minimum atomic E-state index is -4.18. The number of aromatic carboxylic acids is 1. The molecule has 0 saturated carbocycles. The number of benzene rings is 1. The van der Waals surface area contributed by atoms with Crippen LogP contribution in [-0.4, -0.2) is 78.6 Å². The molecule has 1 aliphatic rings. The Hall–Kier alpha value is -1.68. The summed E-state index contributed by atoms with van der Waals surface area (Å²) < 4.78 is 30.2. The van der Waals surface area contributed by atoms with E-state index >= 15 is 0 Å². The molecule has 23 heavy (non-hydrogen) atoms. The third-order valence-corrected chi connectivity index (χ3v) is 4.51. The Morgan fingerprint density at radius 1 is 1.22 bits per heavy atom. The van der Waals surface area contributed by atoms with Gasteiger partial charge in [-0.1, -0.05) is 6.07 Å². The Balaban J connectivity index is 1.89. The molecule has 1 aromatic rings. The zero-order valence-electron chi connectivity index (χ0n) is 12.5. The molecule has 1 atom stereocenters. The van der Waals surface area contributed by atoms with Crippen molar-refractivity contribution in [2.45, 2.75) is 6.10 Å². The molecule has 0 radical (unpaired) electrons. The van der Waals surface area contributed by atoms with Gasteiger partial charge in [0.2, 0.25) is 0 Å². The van der Waals surface area contributed by atoms with Crippen molar-refractivity contribution in [3.63, 3.8) is 0 Å². The number of aliphatic hydroxyl groups is 1. The van der Waals surface area contributed by atoms with E-state index in [1.54, 1.807) is 12.1 Å². The van der Waals surface area contributed by atoms with Crippen LogP contribution in [0, 0.1) is 0 Å². The zero-order chi connectivity index (χ0) is 17.0. The minimum Gasteiger partial charge on any atom is -0.478 e. The van der Waals surface area contributed by atoms with Crippen molar-refractivity contribution < 1.29 is 28.0 Å². The number of carboxylic acid groups (broad SMARTS) is 1. The average molecular weight is 344 g/mol. The molecule has 0 spiro atoms. The van der Waals surface area contributed by atoms with Gasteiger partial charge in [0, 0.05) is 38.4 Å². The van der Waals surface area contributed by atoms with Crippen LogP contribution in [0.5, 0.6) is 0 Å². The summed E-state index contributed by atoms with van der Waals surface area (Å²) in [6, 6.07) is 6.69. The predicted molar refractivity (Wildman–Crippen MR) is 84.5 cm³/mol. The number of aliphatic hydroxyl groups excluding tert-OH is 1. The fraction of sp³-hybridized carbons (Fsp3) is 0.500. The molecule has 0 aromatic heterocycles. The van der Waals surface area contributed by atoms with Crippen molar-refractivity contribution in [1.29, 1.82) is 0 Å². The Kier molecular flexibility index (Phi) is 5.58. The number of anilines is 1. The van der Waals surface area contributed by atoms with E-state index in [4.69, 9.17) is 9.66 Å². The van der Waals surface area contributed by atoms with E-state index < -0.39 is 27.9 Å². The first-order valence-corrected chi connectivity index (χ1v) is 8.79. The molecule has 0 bridgehead atoms. The van der Waals surface area contributed by atoms with Crippen molar-refractivity contribution in [2.24, 2.45) is 0 Å². The fourth-order valence-corrected chi connectivity index (χ4v) is 3.21. The summed E-state index contributed by atoms with van der Waals surface area (Å²) >= 11 is 0. The predicted octanol–water partition coefficient (Wildman–Crippen LogP) is -0.244. The van der Waals surface area contributed by atoms with Crippen LogP contribution in [0.15, 0.2) is 24.3 Å². The summed E-state index contributed by atoms with van der Waals surface area (Å²) in [6.07, 6.45) is -1.13. The number of hydrogen-bond acceptors (Lipinski definition) is 6. The van der Waals surface area contributed by atoms with Gasteiger partial charge in [-0.15, -0.1) is 0 Å². The standard InChI is InChI=1S/C14H20N2O6S/c17-13(10-23(20,21)22)9-15-4-6-16(7-5-15)12-3-1-2-11(8-12)14(18)19/h1-3,8,13,17H,4-7,9-10H2,(H,18,19)(H,20,21,22). The first-order valence-electron chi connectivity index (χ1n) is 7.18. The largest absolute Gasteiger partial charge is 0.478 e. The maximum absolute atomic E-state index is 11.0. The van der Waals surface area contributed by atoms with Gasteiger partial charge in [0.1, 0.15) is 5.75 Å². The van der Waals surface area contributed by atoms with Crippen LogP contribution in [0.3, 0.4) is 0 Å². The van der Waals surface area contributed by atoms with Gasteiger partial charge in [0.05, 0.1) is 11.7 Å². The highest BCUT2D eigenvalue weighted by Crippen LogP contribution is 2.18. The molecule has 1 fully saturated rings. The molecule has 2 rings (SSSR count). The van der Waals surface area contributed by atoms with Crippen LogP contribution >= 0.6 is 0 Å². The van der Waals surface area contributed by atoms with Crippen molar-refractivity contribution in [1.82, 2.24) is 4.90 Å². The normalized spacial score (nSPS) is 17.9. The lowest BCUT2D eigenvalue weighted by Crippen LogP contribution is -2.49. The fourth-order valence-electron chi connectivity index (χ4n) is 2.62. The highest BCUT2D eigenvalue weighted by atomic mass is 32.2. The van der Waals surface area contributed by atoms with Gasteiger partial charge in [-0.05, 0) is 18.2 Å². The number of carboxylic acids is 1. The van der Waals surface area contributed by atoms with E-state index in [0.29, 0.717) is 26.2 Å². The van der Waals surface area contributed by atoms with Crippen LogP contribution < -0.4 is 4.90 Å². The third-order valence-electron chi connectivity index (χ3n) is 3.70. The third kappa shape index (κ3) is 5.47. The van der Waals surface area contributed by atoms with E-state index in [9.17, 15) is 18.3 Å². The molecule has 1 unspecified atom stereocenters. The van der Waals surface area contributed by atoms with E-state index in [0.717, 1.165) is 5.69 Å². The summed E-state index contributed by atoms with van der Waals surface area (Å²) in [5.41, 5.74) is 1.05. The van der Waals surface area contributed by atoms with Crippen LogP contribution in [0.4, 0.5) is 5.69 Å². The summed E-state index contributed by atoms with van der Waals surface area (Å²) in [7, 11) is -4.18. The van der Waals surface area contributed by atoms with Gasteiger partial charge < -0.3 is 15.1 Å². The Labute approximate surface area is 134 Å². The van der Waals surface area contributed by atoms with Crippen LogP contribution in [0.1, 0.15) is 10.4 Å². The van der Waals surface area contributed by atoms with Gasteiger partial charge in [-0.2, -0.15) is 8.42 Å². The molecule has 0 amide bonds. The van der Waals surface area contributed by atoms with Gasteiger partial charge in [-0.3, -0.25) is 9.45 Å². The van der Waals surface area contributed by atoms with Crippen LogP contribution in [0.2, 0.25) is 0 Å². The zero-order valence-corrected chi connectivity index (χ0v) is 13.3. The smallest absolute Gasteiger partial charge is 0.335 e. The number of piperazine rings is 1. The van der Waals surface area contributed by atoms with Crippen LogP contribution in [0.25, 0.3) is 0 Å². The molecular formula is C14H20N2O6S. The van der Waals surface area contributed by atoms with Gasteiger partial charge in [0.15, 0.2) is 0 Å². The lowest BCUT2D eigenvalue weighted by molar-refractivity contribution is 0.0696. The number of carbonyl (C=O) groups is 1. The van der Waals surface area contributed by atoms with Gasteiger partial charge in [0.25, 0.3) is 10.1 Å². The van der Waals surface area contributed by atoms with E-state index in [2.05, 4.69) is 0 Å². The van der Waals surface area contributed by atoms with Gasteiger partial charge >= 0.3 is 5.97 Å². The maximum atomic E-state index is 11.0. The first-order chi connectivity index (χ1) is 10.7. The number of β-amino-alcohol motifs (C(OH)–C–C–N with tert-alkyl or cyclic N) is 1. The molecule has 0 aliphatic carbocycles. The number of nitrogens with zero attached hydrogens (tertiary/aromatic N) is 2. The quantitative estimate of drug-likeness (QED) is 0.605. The topological polar surface area (TPSA) is 118 Å². The SMILES string of the molecule is O=C(O)c1cccc(N2CCN(CC(O)CS(=O)(=O)O)CC2)c1. The molecule has 3 N–H and O–H groups in total. The van der Waals surface area contributed by atoms with Crippen molar-refractivity contribution in [2.75, 3.05) is 43.4 Å². The monoisotopic (exact) mass is 344 g/mol. The minimum absolute atomic E-state index is 0.169. The second-order valence-corrected chi connectivity index (χ2v) is 7.04. The molecular weight excluding hydrogens is 324 g/mol. The molecule has 1 aromatic carbocycles. The maximum Gasteiger partial charge on any atom is 0.335 e. The van der Waals surface area contributed by atoms with Crippen molar-refractivity contribution >= 4 is 21.8 Å². The lowest BCUT2D eigenvalue weighted by atomic mass is 10.1. The molecule has 1 heterocycles. The average Bonchev–Trinajstić information content (AvgIpc) is 2.46. The molecule has 8 nitrogen and oxygen atoms in total. The van der Waals surface area contributed by atoms with Crippen molar-refractivity contribution in [3.05, 3.63) is 29.8 Å².